The molecule has 2 fully saturated rings. The molecule has 1 aliphatic heterocycles. The summed E-state index contributed by atoms with van der Waals surface area (Å²) in [6, 6.07) is 2.32. The molecule has 1 saturated carbocycles. The highest BCUT2D eigenvalue weighted by atomic mass is 15.3. The zero-order chi connectivity index (χ0) is 12.3. The molecule has 17 heavy (non-hydrogen) atoms. The molecule has 2 aliphatic rings. The van der Waals surface area contributed by atoms with E-state index >= 15 is 0 Å². The van der Waals surface area contributed by atoms with Crippen molar-refractivity contribution in [1.82, 2.24) is 15.1 Å². The monoisotopic (exact) mass is 239 g/mol. The molecule has 0 amide bonds. The Morgan fingerprint density at radius 3 is 2.65 bits per heavy atom. The fourth-order valence-electron chi connectivity index (χ4n) is 2.75. The average Bonchev–Trinajstić information content (AvgIpc) is 3.12. The molecule has 2 rings (SSSR count). The van der Waals surface area contributed by atoms with Gasteiger partial charge in [-0.25, -0.2) is 0 Å². The Kier molecular flexibility index (Phi) is 4.83. The second-order valence-corrected chi connectivity index (χ2v) is 5.95. The van der Waals surface area contributed by atoms with Gasteiger partial charge in [0.05, 0.1) is 0 Å². The molecule has 0 radical (unpaired) electrons. The van der Waals surface area contributed by atoms with E-state index in [9.17, 15) is 0 Å². The van der Waals surface area contributed by atoms with Crippen molar-refractivity contribution in [2.75, 3.05) is 33.2 Å². The van der Waals surface area contributed by atoms with Crippen molar-refractivity contribution in [3.05, 3.63) is 0 Å². The lowest BCUT2D eigenvalue weighted by Gasteiger charge is -2.42. The van der Waals surface area contributed by atoms with E-state index in [1.807, 2.05) is 0 Å². The average molecular weight is 239 g/mol. The van der Waals surface area contributed by atoms with Gasteiger partial charge in [-0.1, -0.05) is 13.3 Å². The van der Waals surface area contributed by atoms with E-state index in [2.05, 4.69) is 36.0 Å². The Hall–Kier alpha value is -0.120. The first kappa shape index (κ1) is 13.3. The van der Waals surface area contributed by atoms with Crippen LogP contribution in [0.25, 0.3) is 0 Å². The van der Waals surface area contributed by atoms with Crippen molar-refractivity contribution in [2.24, 2.45) is 0 Å². The summed E-state index contributed by atoms with van der Waals surface area (Å²) in [6.07, 6.45) is 5.45. The van der Waals surface area contributed by atoms with Crippen molar-refractivity contribution in [3.63, 3.8) is 0 Å². The van der Waals surface area contributed by atoms with Gasteiger partial charge in [0, 0.05) is 44.3 Å². The van der Waals surface area contributed by atoms with Crippen molar-refractivity contribution in [1.29, 1.82) is 0 Å². The van der Waals surface area contributed by atoms with Crippen LogP contribution in [0.5, 0.6) is 0 Å². The third-order valence-electron chi connectivity index (χ3n) is 4.35. The van der Waals surface area contributed by atoms with E-state index in [1.165, 1.54) is 51.9 Å². The summed E-state index contributed by atoms with van der Waals surface area (Å²) in [5.41, 5.74) is 0. The van der Waals surface area contributed by atoms with Crippen LogP contribution < -0.4 is 5.32 Å². The molecule has 3 nitrogen and oxygen atoms in total. The van der Waals surface area contributed by atoms with Gasteiger partial charge in [0.25, 0.3) is 0 Å². The molecule has 2 unspecified atom stereocenters. The Labute approximate surface area is 107 Å². The fourth-order valence-corrected chi connectivity index (χ4v) is 2.75. The van der Waals surface area contributed by atoms with E-state index in [-0.39, 0.29) is 0 Å². The maximum absolute atomic E-state index is 3.71. The molecule has 1 saturated heterocycles. The second kappa shape index (κ2) is 6.17. The quantitative estimate of drug-likeness (QED) is 0.758. The van der Waals surface area contributed by atoms with Crippen LogP contribution in [-0.2, 0) is 0 Å². The van der Waals surface area contributed by atoms with E-state index in [4.69, 9.17) is 0 Å². The molecule has 0 aromatic carbocycles. The van der Waals surface area contributed by atoms with Crippen molar-refractivity contribution < 1.29 is 0 Å². The molecule has 0 aromatic rings. The number of rotatable bonds is 6. The maximum atomic E-state index is 3.71. The highest BCUT2D eigenvalue weighted by Gasteiger charge is 2.28. The Morgan fingerprint density at radius 1 is 1.29 bits per heavy atom. The van der Waals surface area contributed by atoms with Gasteiger partial charge in [0.15, 0.2) is 0 Å². The smallest absolute Gasteiger partial charge is 0.0221 e. The third kappa shape index (κ3) is 3.94. The van der Waals surface area contributed by atoms with Gasteiger partial charge in [-0.2, -0.15) is 0 Å². The van der Waals surface area contributed by atoms with Crippen LogP contribution in [0, 0.1) is 0 Å². The largest absolute Gasteiger partial charge is 0.312 e. The summed E-state index contributed by atoms with van der Waals surface area (Å²) < 4.78 is 0. The van der Waals surface area contributed by atoms with Gasteiger partial charge in [-0.05, 0) is 33.2 Å². The first-order valence-electron chi connectivity index (χ1n) is 7.38. The predicted molar refractivity (Wildman–Crippen MR) is 73.4 cm³/mol. The number of likely N-dealkylation sites (N-methyl/N-ethyl adjacent to an activating group) is 1. The van der Waals surface area contributed by atoms with E-state index in [0.717, 1.165) is 12.1 Å². The van der Waals surface area contributed by atoms with Crippen LogP contribution in [0.15, 0.2) is 0 Å². The van der Waals surface area contributed by atoms with Gasteiger partial charge < -0.3 is 10.2 Å². The minimum Gasteiger partial charge on any atom is -0.312 e. The lowest BCUT2D eigenvalue weighted by Crippen LogP contribution is -2.55. The predicted octanol–water partition coefficient (Wildman–Crippen LogP) is 1.54. The minimum atomic E-state index is 0.712. The topological polar surface area (TPSA) is 18.5 Å². The summed E-state index contributed by atoms with van der Waals surface area (Å²) in [4.78, 5) is 5.19. The fraction of sp³-hybridized carbons (Fsp3) is 1.00. The molecule has 2 atom stereocenters. The molecule has 0 aromatic heterocycles. The number of hydrogen-bond donors (Lipinski definition) is 1. The molecular weight excluding hydrogens is 210 g/mol. The number of piperazine rings is 1. The van der Waals surface area contributed by atoms with Crippen LogP contribution in [0.3, 0.4) is 0 Å². The summed E-state index contributed by atoms with van der Waals surface area (Å²) in [5.74, 6) is 0. The summed E-state index contributed by atoms with van der Waals surface area (Å²) in [5, 5.41) is 3.71. The number of nitrogens with one attached hydrogen (secondary N) is 1. The molecule has 1 N–H and O–H groups in total. The maximum Gasteiger partial charge on any atom is 0.0221 e. The first-order chi connectivity index (χ1) is 8.20. The van der Waals surface area contributed by atoms with Crippen molar-refractivity contribution in [3.8, 4) is 0 Å². The Bertz CT molecular complexity index is 228. The van der Waals surface area contributed by atoms with Crippen molar-refractivity contribution >= 4 is 0 Å². The summed E-state index contributed by atoms with van der Waals surface area (Å²) in [6.45, 7) is 9.58. The minimum absolute atomic E-state index is 0.712. The van der Waals surface area contributed by atoms with E-state index in [1.54, 1.807) is 0 Å². The highest BCUT2D eigenvalue weighted by Crippen LogP contribution is 2.20. The van der Waals surface area contributed by atoms with Gasteiger partial charge in [0.1, 0.15) is 0 Å². The van der Waals surface area contributed by atoms with Gasteiger partial charge >= 0.3 is 0 Å². The number of hydrogen-bond acceptors (Lipinski definition) is 3. The molecular formula is C14H29N3. The normalized spacial score (nSPS) is 29.5. The SMILES string of the molecule is CCCC(CNC1CC1)N1CCN(C)C(C)C1. The standard InChI is InChI=1S/C14H29N3/c1-4-5-14(10-15-13-6-7-13)17-9-8-16(3)12(2)11-17/h12-15H,4-11H2,1-3H3. The van der Waals surface area contributed by atoms with E-state index < -0.39 is 0 Å². The van der Waals surface area contributed by atoms with Gasteiger partial charge in [0.2, 0.25) is 0 Å². The van der Waals surface area contributed by atoms with Crippen LogP contribution in [0.1, 0.15) is 39.5 Å². The zero-order valence-electron chi connectivity index (χ0n) is 11.8. The molecule has 0 spiro atoms. The van der Waals surface area contributed by atoms with Crippen LogP contribution >= 0.6 is 0 Å². The third-order valence-corrected chi connectivity index (χ3v) is 4.35. The molecule has 1 aliphatic carbocycles. The first-order valence-corrected chi connectivity index (χ1v) is 7.38. The molecule has 1 heterocycles. The highest BCUT2D eigenvalue weighted by molar-refractivity contribution is 4.87. The molecule has 100 valence electrons. The molecule has 3 heteroatoms. The van der Waals surface area contributed by atoms with Crippen molar-refractivity contribution in [2.45, 2.75) is 57.7 Å². The zero-order valence-corrected chi connectivity index (χ0v) is 11.8. The number of nitrogens with zero attached hydrogens (tertiary/aromatic N) is 2. The Balaban J connectivity index is 1.80. The van der Waals surface area contributed by atoms with Gasteiger partial charge in [-0.3, -0.25) is 4.90 Å². The lowest BCUT2D eigenvalue weighted by molar-refractivity contribution is 0.0678. The lowest BCUT2D eigenvalue weighted by atomic mass is 10.1. The van der Waals surface area contributed by atoms with Gasteiger partial charge in [-0.15, -0.1) is 0 Å². The summed E-state index contributed by atoms with van der Waals surface area (Å²) in [7, 11) is 2.25. The van der Waals surface area contributed by atoms with Crippen LogP contribution in [0.4, 0.5) is 0 Å². The summed E-state index contributed by atoms with van der Waals surface area (Å²) >= 11 is 0. The van der Waals surface area contributed by atoms with Crippen LogP contribution in [0.2, 0.25) is 0 Å². The second-order valence-electron chi connectivity index (χ2n) is 5.95. The molecule has 0 bridgehead atoms. The Morgan fingerprint density at radius 2 is 2.06 bits per heavy atom. The van der Waals surface area contributed by atoms with E-state index in [0.29, 0.717) is 6.04 Å². The van der Waals surface area contributed by atoms with Crippen LogP contribution in [-0.4, -0.2) is 61.2 Å².